The number of hydrogen-bond donors (Lipinski definition) is 0. The SMILES string of the molecule is c1ccc(-c2ccccc2C2CC3C4CCC5CCC6CCC(C7CC(c8ccccc8-c8ccccc8)C8CCC2C8C37)C4C56)cc1. The maximum Gasteiger partial charge on any atom is -0.0122 e. The van der Waals surface area contributed by atoms with Gasteiger partial charge in [0, 0.05) is 0 Å². The molecule has 0 aliphatic heterocycles. The average molecular weight is 629 g/mol. The third-order valence-corrected chi connectivity index (χ3v) is 16.5. The molecule has 0 heterocycles. The van der Waals surface area contributed by atoms with Crippen molar-refractivity contribution >= 4 is 0 Å². The van der Waals surface area contributed by atoms with Gasteiger partial charge in [-0.2, -0.15) is 0 Å². The molecule has 0 spiro atoms. The molecular weight excluding hydrogens is 577 g/mol. The van der Waals surface area contributed by atoms with Crippen molar-refractivity contribution in [1.29, 1.82) is 0 Å². The van der Waals surface area contributed by atoms with E-state index in [1.54, 1.807) is 49.7 Å². The summed E-state index contributed by atoms with van der Waals surface area (Å²) in [7, 11) is 0. The van der Waals surface area contributed by atoms with E-state index in [0.717, 1.165) is 71.0 Å². The molecule has 10 atom stereocenters. The minimum atomic E-state index is 0.707. The largest absolute Gasteiger partial charge is 0.0622 e. The Labute approximate surface area is 288 Å². The van der Waals surface area contributed by atoms with E-state index in [1.807, 2.05) is 0 Å². The standard InChI is InChI=1S/C48H52/c1-3-11-29(12-4-1)33-15-7-9-17-35(33)41-27-43-39-23-21-31-19-20-32-22-24-40(46(39)45(31)32)44-28-42(38-26-25-37(41)47(38)48(43)44)36-18-10-8-16-34(36)30-13-5-2-6-14-30/h1-18,31-32,37-48H,19-28H2. The normalized spacial score (nSPS) is 41.8. The Morgan fingerprint density at radius 1 is 0.312 bits per heavy atom. The van der Waals surface area contributed by atoms with Crippen molar-refractivity contribution in [2.75, 3.05) is 0 Å². The van der Waals surface area contributed by atoms with E-state index >= 15 is 0 Å². The van der Waals surface area contributed by atoms with Crippen LogP contribution >= 0.6 is 0 Å². The second-order valence-electron chi connectivity index (χ2n) is 17.7. The molecule has 48 heavy (non-hydrogen) atoms. The summed E-state index contributed by atoms with van der Waals surface area (Å²) in [4.78, 5) is 0. The van der Waals surface area contributed by atoms with Crippen molar-refractivity contribution in [2.45, 2.75) is 76.0 Å². The van der Waals surface area contributed by atoms with Crippen LogP contribution in [0.15, 0.2) is 109 Å². The molecule has 4 aromatic rings. The van der Waals surface area contributed by atoms with Crippen LogP contribution in [0.3, 0.4) is 0 Å². The Bertz CT molecular complexity index is 1660. The quantitative estimate of drug-likeness (QED) is 0.211. The molecule has 0 heteroatoms. The molecule has 0 nitrogen and oxygen atoms in total. The van der Waals surface area contributed by atoms with Crippen LogP contribution < -0.4 is 0 Å². The van der Waals surface area contributed by atoms with E-state index in [0.29, 0.717) is 11.8 Å². The molecule has 0 aromatic heterocycles. The van der Waals surface area contributed by atoms with Crippen molar-refractivity contribution in [3.63, 3.8) is 0 Å². The predicted molar refractivity (Wildman–Crippen MR) is 197 cm³/mol. The van der Waals surface area contributed by atoms with Gasteiger partial charge in [-0.25, -0.2) is 0 Å². The topological polar surface area (TPSA) is 0 Å². The second kappa shape index (κ2) is 11.2. The smallest absolute Gasteiger partial charge is 0.0122 e. The Balaban J connectivity index is 1.07. The van der Waals surface area contributed by atoms with Gasteiger partial charge in [0.15, 0.2) is 0 Å². The lowest BCUT2D eigenvalue weighted by Gasteiger charge is -2.67. The van der Waals surface area contributed by atoms with Gasteiger partial charge in [-0.1, -0.05) is 109 Å². The van der Waals surface area contributed by atoms with Crippen LogP contribution in [0.2, 0.25) is 0 Å². The van der Waals surface area contributed by atoms with Crippen LogP contribution in [0.4, 0.5) is 0 Å². The molecule has 0 bridgehead atoms. The monoisotopic (exact) mass is 628 g/mol. The van der Waals surface area contributed by atoms with Crippen LogP contribution in [-0.2, 0) is 0 Å². The second-order valence-corrected chi connectivity index (χ2v) is 17.7. The van der Waals surface area contributed by atoms with Gasteiger partial charge >= 0.3 is 0 Å². The molecule has 7 aliphatic rings. The lowest BCUT2D eigenvalue weighted by molar-refractivity contribution is -0.173. The van der Waals surface area contributed by atoms with Crippen molar-refractivity contribution in [2.24, 2.45) is 71.0 Å². The fraction of sp³-hybridized carbons (Fsp3) is 0.500. The van der Waals surface area contributed by atoms with Crippen LogP contribution in [0.5, 0.6) is 0 Å². The maximum atomic E-state index is 2.57. The molecule has 0 N–H and O–H groups in total. The van der Waals surface area contributed by atoms with Gasteiger partial charge in [0.05, 0.1) is 0 Å². The minimum absolute atomic E-state index is 0.707. The highest BCUT2D eigenvalue weighted by molar-refractivity contribution is 5.69. The lowest BCUT2D eigenvalue weighted by Crippen LogP contribution is -2.60. The maximum absolute atomic E-state index is 2.57. The molecule has 0 saturated heterocycles. The molecule has 7 fully saturated rings. The third-order valence-electron chi connectivity index (χ3n) is 16.5. The minimum Gasteiger partial charge on any atom is -0.0622 e. The van der Waals surface area contributed by atoms with Gasteiger partial charge in [0.25, 0.3) is 0 Å². The van der Waals surface area contributed by atoms with Gasteiger partial charge in [0.2, 0.25) is 0 Å². The van der Waals surface area contributed by atoms with Crippen LogP contribution in [0.25, 0.3) is 22.3 Å². The van der Waals surface area contributed by atoms with E-state index in [-0.39, 0.29) is 0 Å². The van der Waals surface area contributed by atoms with Gasteiger partial charge in [-0.15, -0.1) is 0 Å². The predicted octanol–water partition coefficient (Wildman–Crippen LogP) is 12.3. The first-order valence-electron chi connectivity index (χ1n) is 20.1. The van der Waals surface area contributed by atoms with E-state index in [2.05, 4.69) is 109 Å². The Morgan fingerprint density at radius 3 is 1.19 bits per heavy atom. The summed E-state index contributed by atoms with van der Waals surface area (Å²) in [5, 5.41) is 0. The van der Waals surface area contributed by atoms with E-state index in [9.17, 15) is 0 Å². The van der Waals surface area contributed by atoms with E-state index in [1.165, 1.54) is 47.9 Å². The van der Waals surface area contributed by atoms with Crippen molar-refractivity contribution in [3.05, 3.63) is 120 Å². The lowest BCUT2D eigenvalue weighted by atomic mass is 9.38. The molecule has 11 rings (SSSR count). The summed E-state index contributed by atoms with van der Waals surface area (Å²) in [5.74, 6) is 13.0. The average Bonchev–Trinajstić information content (AvgIpc) is 3.80. The van der Waals surface area contributed by atoms with E-state index < -0.39 is 0 Å². The number of hydrogen-bond acceptors (Lipinski definition) is 0. The molecule has 4 aromatic carbocycles. The molecular formula is C48H52. The first-order valence-corrected chi connectivity index (χ1v) is 20.1. The highest BCUT2D eigenvalue weighted by atomic mass is 14.7. The van der Waals surface area contributed by atoms with Crippen LogP contribution in [-0.4, -0.2) is 0 Å². The fourth-order valence-corrected chi connectivity index (χ4v) is 15.4. The van der Waals surface area contributed by atoms with Gasteiger partial charge in [-0.05, 0) is 180 Å². The summed E-state index contributed by atoms with van der Waals surface area (Å²) in [6.07, 6.45) is 15.1. The molecule has 0 radical (unpaired) electrons. The van der Waals surface area contributed by atoms with Gasteiger partial charge < -0.3 is 0 Å². The molecule has 0 amide bonds. The summed E-state index contributed by atoms with van der Waals surface area (Å²) >= 11 is 0. The third kappa shape index (κ3) is 4.13. The summed E-state index contributed by atoms with van der Waals surface area (Å²) in [5.41, 5.74) is 9.27. The van der Waals surface area contributed by atoms with Gasteiger partial charge in [0.1, 0.15) is 0 Å². The van der Waals surface area contributed by atoms with Crippen LogP contribution in [0, 0.1) is 71.0 Å². The highest BCUT2D eigenvalue weighted by Gasteiger charge is 2.67. The first-order chi connectivity index (χ1) is 23.8. The zero-order chi connectivity index (χ0) is 31.3. The fourth-order valence-electron chi connectivity index (χ4n) is 15.4. The van der Waals surface area contributed by atoms with E-state index in [4.69, 9.17) is 0 Å². The van der Waals surface area contributed by atoms with Crippen molar-refractivity contribution in [3.8, 4) is 22.3 Å². The summed E-state index contributed by atoms with van der Waals surface area (Å²) in [6.45, 7) is 0. The zero-order valence-electron chi connectivity index (χ0n) is 28.5. The van der Waals surface area contributed by atoms with Gasteiger partial charge in [-0.3, -0.25) is 0 Å². The molecule has 244 valence electrons. The number of rotatable bonds is 4. The molecule has 7 aliphatic carbocycles. The number of benzene rings is 4. The Hall–Kier alpha value is -3.12. The van der Waals surface area contributed by atoms with Crippen molar-refractivity contribution < 1.29 is 0 Å². The summed E-state index contributed by atoms with van der Waals surface area (Å²) in [6, 6.07) is 42.2. The van der Waals surface area contributed by atoms with Crippen molar-refractivity contribution in [1.82, 2.24) is 0 Å². The Morgan fingerprint density at radius 2 is 0.688 bits per heavy atom. The Kier molecular flexibility index (Phi) is 6.69. The zero-order valence-corrected chi connectivity index (χ0v) is 28.5. The van der Waals surface area contributed by atoms with Crippen LogP contribution in [0.1, 0.15) is 87.2 Å². The number of fused-ring (bicyclic) bond motifs is 2. The molecule has 7 saturated carbocycles. The highest BCUT2D eigenvalue weighted by Crippen LogP contribution is 2.74. The molecule has 10 unspecified atom stereocenters. The first kappa shape index (κ1) is 28.7. The summed E-state index contributed by atoms with van der Waals surface area (Å²) < 4.78 is 0.